The Kier molecular flexibility index (Phi) is 8.58. The molecule has 2 saturated heterocycles. The molecule has 1 unspecified atom stereocenters. The van der Waals surface area contributed by atoms with Crippen LogP contribution in [0.15, 0.2) is 30.3 Å². The molecular formula is C21H32ClN3O3. The average Bonchev–Trinajstić information content (AvgIpc) is 2.72. The Labute approximate surface area is 173 Å². The molecule has 1 aromatic carbocycles. The Morgan fingerprint density at radius 1 is 1.25 bits per heavy atom. The molecule has 2 N–H and O–H groups in total. The lowest BCUT2D eigenvalue weighted by Crippen LogP contribution is -2.49. The first-order chi connectivity index (χ1) is 13.1. The van der Waals surface area contributed by atoms with Gasteiger partial charge in [-0.2, -0.15) is 0 Å². The molecule has 0 radical (unpaired) electrons. The van der Waals surface area contributed by atoms with Crippen LogP contribution in [0.4, 0.5) is 0 Å². The zero-order chi connectivity index (χ0) is 19.1. The molecule has 28 heavy (non-hydrogen) atoms. The maximum atomic E-state index is 12.6. The second-order valence-corrected chi connectivity index (χ2v) is 8.06. The first-order valence-electron chi connectivity index (χ1n) is 10.00. The lowest BCUT2D eigenvalue weighted by atomic mass is 9.81. The van der Waals surface area contributed by atoms with Crippen LogP contribution >= 0.6 is 12.4 Å². The van der Waals surface area contributed by atoms with Crippen molar-refractivity contribution in [3.8, 4) is 5.75 Å². The number of halogens is 1. The predicted molar refractivity (Wildman–Crippen MR) is 112 cm³/mol. The Hall–Kier alpha value is -1.79. The van der Waals surface area contributed by atoms with Crippen molar-refractivity contribution in [3.05, 3.63) is 30.3 Å². The molecule has 2 aliphatic heterocycles. The number of hydrogen-bond acceptors (Lipinski definition) is 4. The third-order valence-electron chi connectivity index (χ3n) is 5.75. The monoisotopic (exact) mass is 409 g/mol. The van der Waals surface area contributed by atoms with E-state index in [1.807, 2.05) is 30.3 Å². The van der Waals surface area contributed by atoms with E-state index in [1.165, 1.54) is 0 Å². The molecule has 2 fully saturated rings. The number of hydrogen-bond donors (Lipinski definition) is 2. The van der Waals surface area contributed by atoms with E-state index in [1.54, 1.807) is 4.90 Å². The fourth-order valence-corrected chi connectivity index (χ4v) is 3.82. The van der Waals surface area contributed by atoms with Crippen LogP contribution in [0, 0.1) is 11.3 Å². The molecule has 3 rings (SSSR count). The molecule has 2 heterocycles. The number of piperidine rings is 2. The van der Waals surface area contributed by atoms with Gasteiger partial charge in [0.25, 0.3) is 5.91 Å². The number of amides is 2. The number of benzene rings is 1. The lowest BCUT2D eigenvalue weighted by Gasteiger charge is -2.36. The second kappa shape index (κ2) is 10.7. The highest BCUT2D eigenvalue weighted by atomic mass is 35.5. The topological polar surface area (TPSA) is 70.7 Å². The molecule has 2 amide bonds. The van der Waals surface area contributed by atoms with Crippen molar-refractivity contribution in [2.75, 3.05) is 39.3 Å². The molecule has 156 valence electrons. The standard InChI is InChI=1S/C21H31N3O3.ClH/c1-21(9-11-22-12-10-21)16-23-20(26)17-6-5-13-24(14-17)19(25)15-27-18-7-3-2-4-8-18;/h2-4,7-8,17,22H,5-6,9-16H2,1H3,(H,23,26);1H. The van der Waals surface area contributed by atoms with Gasteiger partial charge in [-0.25, -0.2) is 0 Å². The van der Waals surface area contributed by atoms with Crippen LogP contribution < -0.4 is 15.4 Å². The Balaban J connectivity index is 0.00000280. The van der Waals surface area contributed by atoms with Gasteiger partial charge in [-0.15, -0.1) is 12.4 Å². The van der Waals surface area contributed by atoms with E-state index in [2.05, 4.69) is 17.6 Å². The number of nitrogens with zero attached hydrogens (tertiary/aromatic N) is 1. The molecule has 0 aliphatic carbocycles. The summed E-state index contributed by atoms with van der Waals surface area (Å²) in [6.07, 6.45) is 3.86. The summed E-state index contributed by atoms with van der Waals surface area (Å²) in [4.78, 5) is 26.9. The molecule has 7 heteroatoms. The fraction of sp³-hybridized carbons (Fsp3) is 0.619. The molecule has 0 saturated carbocycles. The Morgan fingerprint density at radius 3 is 2.68 bits per heavy atom. The van der Waals surface area contributed by atoms with E-state index < -0.39 is 0 Å². The quantitative estimate of drug-likeness (QED) is 0.755. The van der Waals surface area contributed by atoms with E-state index in [0.717, 1.165) is 45.3 Å². The van der Waals surface area contributed by atoms with Crippen molar-refractivity contribution in [2.24, 2.45) is 11.3 Å². The third-order valence-corrected chi connectivity index (χ3v) is 5.75. The van der Waals surface area contributed by atoms with Crippen LogP contribution in [0.25, 0.3) is 0 Å². The van der Waals surface area contributed by atoms with Crippen molar-refractivity contribution in [1.82, 2.24) is 15.5 Å². The number of likely N-dealkylation sites (tertiary alicyclic amines) is 1. The van der Waals surface area contributed by atoms with E-state index in [-0.39, 0.29) is 42.2 Å². The van der Waals surface area contributed by atoms with Gasteiger partial charge in [-0.05, 0) is 56.3 Å². The minimum absolute atomic E-state index is 0. The second-order valence-electron chi connectivity index (χ2n) is 8.06. The van der Waals surface area contributed by atoms with Gasteiger partial charge in [0.05, 0.1) is 5.92 Å². The van der Waals surface area contributed by atoms with Gasteiger partial charge in [0.1, 0.15) is 5.75 Å². The van der Waals surface area contributed by atoms with Crippen molar-refractivity contribution >= 4 is 24.2 Å². The zero-order valence-corrected chi connectivity index (χ0v) is 17.4. The SMILES string of the molecule is CC1(CNC(=O)C2CCCN(C(=O)COc3ccccc3)C2)CCNCC1.Cl. The van der Waals surface area contributed by atoms with Gasteiger partial charge >= 0.3 is 0 Å². The number of carbonyl (C=O) groups is 2. The molecule has 6 nitrogen and oxygen atoms in total. The lowest BCUT2D eigenvalue weighted by molar-refractivity contribution is -0.137. The Morgan fingerprint density at radius 2 is 1.96 bits per heavy atom. The molecule has 1 atom stereocenters. The van der Waals surface area contributed by atoms with Crippen molar-refractivity contribution < 1.29 is 14.3 Å². The van der Waals surface area contributed by atoms with E-state index in [0.29, 0.717) is 18.8 Å². The number of rotatable bonds is 6. The summed E-state index contributed by atoms with van der Waals surface area (Å²) in [6.45, 7) is 6.19. The fourth-order valence-electron chi connectivity index (χ4n) is 3.82. The van der Waals surface area contributed by atoms with Crippen molar-refractivity contribution in [2.45, 2.75) is 32.6 Å². The van der Waals surface area contributed by atoms with Gasteiger partial charge in [0.15, 0.2) is 6.61 Å². The van der Waals surface area contributed by atoms with Crippen LogP contribution in [-0.4, -0.2) is 56.0 Å². The van der Waals surface area contributed by atoms with Crippen molar-refractivity contribution in [3.63, 3.8) is 0 Å². The molecule has 1 aromatic rings. The van der Waals surface area contributed by atoms with E-state index in [9.17, 15) is 9.59 Å². The predicted octanol–water partition coefficient (Wildman–Crippen LogP) is 2.23. The summed E-state index contributed by atoms with van der Waals surface area (Å²) < 4.78 is 5.56. The average molecular weight is 410 g/mol. The van der Waals surface area contributed by atoms with Crippen LogP contribution in [0.3, 0.4) is 0 Å². The summed E-state index contributed by atoms with van der Waals surface area (Å²) in [5, 5.41) is 6.51. The number of nitrogens with one attached hydrogen (secondary N) is 2. The molecule has 0 bridgehead atoms. The van der Waals surface area contributed by atoms with E-state index >= 15 is 0 Å². The minimum atomic E-state index is -0.121. The first-order valence-corrected chi connectivity index (χ1v) is 10.00. The normalized spacial score (nSPS) is 21.3. The van der Waals surface area contributed by atoms with Gasteiger partial charge in [0.2, 0.25) is 5.91 Å². The largest absolute Gasteiger partial charge is 0.484 e. The summed E-state index contributed by atoms with van der Waals surface area (Å²) in [6, 6.07) is 9.34. The van der Waals surface area contributed by atoms with Crippen LogP contribution in [0.1, 0.15) is 32.6 Å². The van der Waals surface area contributed by atoms with Gasteiger partial charge < -0.3 is 20.3 Å². The summed E-state index contributed by atoms with van der Waals surface area (Å²) in [5.41, 5.74) is 0.175. The molecule has 2 aliphatic rings. The highest BCUT2D eigenvalue weighted by molar-refractivity contribution is 5.85. The van der Waals surface area contributed by atoms with Gasteiger partial charge in [0, 0.05) is 19.6 Å². The summed E-state index contributed by atoms with van der Waals surface area (Å²) in [7, 11) is 0. The summed E-state index contributed by atoms with van der Waals surface area (Å²) >= 11 is 0. The Bertz CT molecular complexity index is 635. The highest BCUT2D eigenvalue weighted by Crippen LogP contribution is 2.27. The number of ether oxygens (including phenoxy) is 1. The molecule has 0 aromatic heterocycles. The minimum Gasteiger partial charge on any atom is -0.484 e. The summed E-state index contributed by atoms with van der Waals surface area (Å²) in [5.74, 6) is 0.593. The van der Waals surface area contributed by atoms with Gasteiger partial charge in [-0.1, -0.05) is 25.1 Å². The van der Waals surface area contributed by atoms with E-state index in [4.69, 9.17) is 4.74 Å². The number of carbonyl (C=O) groups excluding carboxylic acids is 2. The molecule has 0 spiro atoms. The highest BCUT2D eigenvalue weighted by Gasteiger charge is 2.31. The van der Waals surface area contributed by atoms with Gasteiger partial charge in [-0.3, -0.25) is 9.59 Å². The zero-order valence-electron chi connectivity index (χ0n) is 16.6. The maximum Gasteiger partial charge on any atom is 0.260 e. The van der Waals surface area contributed by atoms with Crippen molar-refractivity contribution in [1.29, 1.82) is 0 Å². The smallest absolute Gasteiger partial charge is 0.260 e. The first kappa shape index (κ1) is 22.5. The van der Waals surface area contributed by atoms with Crippen LogP contribution in [0.2, 0.25) is 0 Å². The van der Waals surface area contributed by atoms with Crippen LogP contribution in [0.5, 0.6) is 5.75 Å². The number of para-hydroxylation sites is 1. The van der Waals surface area contributed by atoms with Crippen LogP contribution in [-0.2, 0) is 9.59 Å². The third kappa shape index (κ3) is 6.38. The maximum absolute atomic E-state index is 12.6. The molecular weight excluding hydrogens is 378 g/mol.